The fraction of sp³-hybridized carbons (Fsp3) is 0.500. The van der Waals surface area contributed by atoms with Crippen LogP contribution in [0.3, 0.4) is 0 Å². The number of nitro groups is 1. The largest absolute Gasteiger partial charge is 0.494 e. The predicted molar refractivity (Wildman–Crippen MR) is 71.9 cm³/mol. The van der Waals surface area contributed by atoms with Gasteiger partial charge >= 0.3 is 0 Å². The minimum Gasteiger partial charge on any atom is -0.494 e. The summed E-state index contributed by atoms with van der Waals surface area (Å²) in [6.07, 6.45) is 0. The molecule has 0 heterocycles. The smallest absolute Gasteiger partial charge is 0.275 e. The second-order valence-electron chi connectivity index (χ2n) is 4.29. The summed E-state index contributed by atoms with van der Waals surface area (Å²) in [5.41, 5.74) is -1.29. The monoisotopic (exact) mass is 286 g/mol. The van der Waals surface area contributed by atoms with E-state index in [2.05, 4.69) is 5.32 Å². The third-order valence-electron chi connectivity index (χ3n) is 2.73. The zero-order valence-corrected chi connectivity index (χ0v) is 11.1. The van der Waals surface area contributed by atoms with Gasteiger partial charge in [0.25, 0.3) is 5.69 Å². The molecule has 0 fully saturated rings. The lowest BCUT2D eigenvalue weighted by Crippen LogP contribution is -2.49. The van der Waals surface area contributed by atoms with Gasteiger partial charge in [0, 0.05) is 17.8 Å². The van der Waals surface area contributed by atoms with Gasteiger partial charge in [0.1, 0.15) is 11.3 Å². The molecule has 0 aliphatic carbocycles. The summed E-state index contributed by atoms with van der Waals surface area (Å²) in [5, 5.41) is 41.3. The van der Waals surface area contributed by atoms with Crippen LogP contribution in [-0.4, -0.2) is 52.2 Å². The Hall–Kier alpha value is -1.90. The molecule has 0 aliphatic heterocycles. The number of benzene rings is 1. The van der Waals surface area contributed by atoms with Crippen LogP contribution in [0.15, 0.2) is 18.2 Å². The van der Waals surface area contributed by atoms with Crippen LogP contribution in [0.1, 0.15) is 6.92 Å². The van der Waals surface area contributed by atoms with Gasteiger partial charge in [-0.25, -0.2) is 0 Å². The maximum absolute atomic E-state index is 10.9. The van der Waals surface area contributed by atoms with Crippen molar-refractivity contribution in [3.05, 3.63) is 28.3 Å². The maximum atomic E-state index is 10.9. The number of anilines is 1. The Kier molecular flexibility index (Phi) is 5.68. The Bertz CT molecular complexity index is 453. The van der Waals surface area contributed by atoms with Crippen LogP contribution in [0.5, 0.6) is 5.75 Å². The van der Waals surface area contributed by atoms with E-state index in [4.69, 9.17) is 4.74 Å². The van der Waals surface area contributed by atoms with Gasteiger partial charge in [-0.2, -0.15) is 0 Å². The first-order chi connectivity index (χ1) is 9.50. The molecule has 0 aromatic heterocycles. The molecule has 0 aliphatic rings. The number of hydrogen-bond acceptors (Lipinski definition) is 7. The first-order valence-electron chi connectivity index (χ1n) is 6.03. The lowest BCUT2D eigenvalue weighted by Gasteiger charge is -2.29. The first kappa shape index (κ1) is 16.2. The second-order valence-corrected chi connectivity index (χ2v) is 4.29. The highest BCUT2D eigenvalue weighted by Crippen LogP contribution is 2.28. The molecule has 8 heteroatoms. The minimum atomic E-state index is -1.36. The second kappa shape index (κ2) is 7.04. The van der Waals surface area contributed by atoms with Crippen LogP contribution in [0.2, 0.25) is 0 Å². The van der Waals surface area contributed by atoms with Crippen molar-refractivity contribution >= 4 is 11.4 Å². The molecule has 1 aromatic carbocycles. The minimum absolute atomic E-state index is 0.193. The Morgan fingerprint density at radius 1 is 1.25 bits per heavy atom. The van der Waals surface area contributed by atoms with Crippen LogP contribution < -0.4 is 10.1 Å². The van der Waals surface area contributed by atoms with Crippen molar-refractivity contribution in [1.82, 2.24) is 0 Å². The highest BCUT2D eigenvalue weighted by Gasteiger charge is 2.28. The number of non-ortho nitro benzene ring substituents is 1. The Balaban J connectivity index is 3.12. The first-order valence-corrected chi connectivity index (χ1v) is 6.03. The van der Waals surface area contributed by atoms with Crippen molar-refractivity contribution in [2.45, 2.75) is 12.5 Å². The third kappa shape index (κ3) is 3.80. The fourth-order valence-electron chi connectivity index (χ4n) is 1.59. The van der Waals surface area contributed by atoms with E-state index in [9.17, 15) is 25.4 Å². The number of aliphatic hydroxyl groups is 3. The van der Waals surface area contributed by atoms with Gasteiger partial charge in [-0.15, -0.1) is 0 Å². The number of hydrogen-bond donors (Lipinski definition) is 4. The standard InChI is InChI=1S/C12H18N2O6/c1-2-20-11-4-9(3-10(5-11)14(18)19)13-12(6-15,7-16)8-17/h3-5,13,15-17H,2,6-8H2,1H3. The molecule has 0 unspecified atom stereocenters. The highest BCUT2D eigenvalue weighted by atomic mass is 16.6. The summed E-state index contributed by atoms with van der Waals surface area (Å²) >= 11 is 0. The van der Waals surface area contributed by atoms with E-state index >= 15 is 0 Å². The average Bonchev–Trinajstić information content (AvgIpc) is 2.45. The number of nitrogens with zero attached hydrogens (tertiary/aromatic N) is 1. The zero-order chi connectivity index (χ0) is 15.2. The van der Waals surface area contributed by atoms with E-state index < -0.39 is 30.3 Å². The van der Waals surface area contributed by atoms with Crippen molar-refractivity contribution < 1.29 is 25.0 Å². The molecule has 8 nitrogen and oxygen atoms in total. The number of aliphatic hydroxyl groups excluding tert-OH is 3. The molecule has 1 aromatic rings. The molecule has 0 saturated carbocycles. The van der Waals surface area contributed by atoms with Crippen molar-refractivity contribution in [2.24, 2.45) is 0 Å². The molecule has 4 N–H and O–H groups in total. The number of rotatable bonds is 8. The van der Waals surface area contributed by atoms with Crippen molar-refractivity contribution in [3.63, 3.8) is 0 Å². The molecular weight excluding hydrogens is 268 g/mol. The lowest BCUT2D eigenvalue weighted by molar-refractivity contribution is -0.384. The SMILES string of the molecule is CCOc1cc(NC(CO)(CO)CO)cc([N+](=O)[O-])c1. The fourth-order valence-corrected chi connectivity index (χ4v) is 1.59. The van der Waals surface area contributed by atoms with Gasteiger partial charge in [0.15, 0.2) is 0 Å². The number of nitrogens with one attached hydrogen (secondary N) is 1. The van der Waals surface area contributed by atoms with Gasteiger partial charge in [-0.05, 0) is 6.92 Å². The topological polar surface area (TPSA) is 125 Å². The number of nitro benzene ring substituents is 1. The van der Waals surface area contributed by atoms with E-state index in [0.717, 1.165) is 0 Å². The molecule has 0 amide bonds. The third-order valence-corrected chi connectivity index (χ3v) is 2.73. The number of ether oxygens (including phenoxy) is 1. The average molecular weight is 286 g/mol. The summed E-state index contributed by atoms with van der Waals surface area (Å²) in [7, 11) is 0. The predicted octanol–water partition coefficient (Wildman–Crippen LogP) is 0.121. The summed E-state index contributed by atoms with van der Waals surface area (Å²) in [5.74, 6) is 0.284. The Morgan fingerprint density at radius 2 is 1.85 bits per heavy atom. The molecule has 0 saturated heterocycles. The van der Waals surface area contributed by atoms with E-state index in [1.54, 1.807) is 6.92 Å². The Morgan fingerprint density at radius 3 is 2.30 bits per heavy atom. The molecule has 20 heavy (non-hydrogen) atoms. The van der Waals surface area contributed by atoms with E-state index in [0.29, 0.717) is 6.61 Å². The van der Waals surface area contributed by atoms with Crippen LogP contribution in [0, 0.1) is 10.1 Å². The highest BCUT2D eigenvalue weighted by molar-refractivity contribution is 5.57. The van der Waals surface area contributed by atoms with Gasteiger partial charge in [0.05, 0.1) is 37.4 Å². The van der Waals surface area contributed by atoms with Gasteiger partial charge in [-0.1, -0.05) is 0 Å². The zero-order valence-electron chi connectivity index (χ0n) is 11.1. The molecule has 0 spiro atoms. The van der Waals surface area contributed by atoms with Crippen molar-refractivity contribution in [3.8, 4) is 5.75 Å². The van der Waals surface area contributed by atoms with Crippen molar-refractivity contribution in [2.75, 3.05) is 31.7 Å². The molecule has 112 valence electrons. The molecule has 0 bridgehead atoms. The van der Waals surface area contributed by atoms with Gasteiger partial charge in [-0.3, -0.25) is 10.1 Å². The van der Waals surface area contributed by atoms with Crippen LogP contribution in [0.25, 0.3) is 0 Å². The lowest BCUT2D eigenvalue weighted by atomic mass is 10.0. The molecular formula is C12H18N2O6. The Labute approximate surface area is 115 Å². The maximum Gasteiger partial charge on any atom is 0.275 e. The molecule has 0 atom stereocenters. The van der Waals surface area contributed by atoms with Crippen molar-refractivity contribution in [1.29, 1.82) is 0 Å². The summed E-state index contributed by atoms with van der Waals surface area (Å²) in [4.78, 5) is 10.3. The van der Waals surface area contributed by atoms with Crippen LogP contribution >= 0.6 is 0 Å². The summed E-state index contributed by atoms with van der Waals surface area (Å²) in [6, 6.07) is 4.00. The summed E-state index contributed by atoms with van der Waals surface area (Å²) < 4.78 is 5.22. The van der Waals surface area contributed by atoms with Crippen LogP contribution in [-0.2, 0) is 0 Å². The molecule has 1 rings (SSSR count). The van der Waals surface area contributed by atoms with Gasteiger partial charge < -0.3 is 25.4 Å². The molecule has 0 radical (unpaired) electrons. The quantitative estimate of drug-likeness (QED) is 0.395. The summed E-state index contributed by atoms with van der Waals surface area (Å²) in [6.45, 7) is 0.475. The normalized spacial score (nSPS) is 11.2. The van der Waals surface area contributed by atoms with E-state index in [-0.39, 0.29) is 17.1 Å². The van der Waals surface area contributed by atoms with Gasteiger partial charge in [0.2, 0.25) is 0 Å². The van der Waals surface area contributed by atoms with E-state index in [1.165, 1.54) is 18.2 Å². The van der Waals surface area contributed by atoms with E-state index in [1.807, 2.05) is 0 Å². The van der Waals surface area contributed by atoms with Crippen LogP contribution in [0.4, 0.5) is 11.4 Å².